The van der Waals surface area contributed by atoms with Crippen molar-refractivity contribution in [2.45, 2.75) is 39.7 Å². The minimum absolute atomic E-state index is 0.222. The van der Waals surface area contributed by atoms with E-state index < -0.39 is 0 Å². The third-order valence-electron chi connectivity index (χ3n) is 2.71. The van der Waals surface area contributed by atoms with Gasteiger partial charge in [-0.3, -0.25) is 0 Å². The average molecular weight is 207 g/mol. The van der Waals surface area contributed by atoms with Gasteiger partial charge in [-0.1, -0.05) is 24.6 Å². The highest BCUT2D eigenvalue weighted by Crippen LogP contribution is 2.26. The van der Waals surface area contributed by atoms with Crippen LogP contribution in [0.25, 0.3) is 0 Å². The van der Waals surface area contributed by atoms with Gasteiger partial charge in [-0.2, -0.15) is 0 Å². The van der Waals surface area contributed by atoms with E-state index in [0.29, 0.717) is 0 Å². The first-order valence-electron chi connectivity index (χ1n) is 5.48. The first-order chi connectivity index (χ1) is 7.08. The molecule has 0 fully saturated rings. The van der Waals surface area contributed by atoms with Crippen molar-refractivity contribution in [3.05, 3.63) is 28.8 Å². The second kappa shape index (κ2) is 5.17. The van der Waals surface area contributed by atoms with Crippen molar-refractivity contribution < 1.29 is 4.74 Å². The van der Waals surface area contributed by atoms with Crippen molar-refractivity contribution in [1.82, 2.24) is 0 Å². The molecular formula is C13H21NO. The Bertz CT molecular complexity index is 334. The summed E-state index contributed by atoms with van der Waals surface area (Å²) in [4.78, 5) is 0. The molecule has 0 aliphatic heterocycles. The Labute approximate surface area is 92.4 Å². The second-order valence-electron chi connectivity index (χ2n) is 4.15. The quantitative estimate of drug-likeness (QED) is 0.823. The van der Waals surface area contributed by atoms with Gasteiger partial charge in [0, 0.05) is 6.04 Å². The topological polar surface area (TPSA) is 35.2 Å². The van der Waals surface area contributed by atoms with E-state index in [4.69, 9.17) is 10.5 Å². The fourth-order valence-electron chi connectivity index (χ4n) is 1.91. The summed E-state index contributed by atoms with van der Waals surface area (Å²) in [5.74, 6) is 0.990. The molecule has 1 rings (SSSR count). The molecule has 0 spiro atoms. The SMILES string of the molecule is CCC(N)Cc1cc(C)cc(C)c1OC. The lowest BCUT2D eigenvalue weighted by Crippen LogP contribution is -2.21. The molecule has 0 aliphatic carbocycles. The molecule has 1 unspecified atom stereocenters. The monoisotopic (exact) mass is 207 g/mol. The van der Waals surface area contributed by atoms with Gasteiger partial charge < -0.3 is 10.5 Å². The summed E-state index contributed by atoms with van der Waals surface area (Å²) in [5.41, 5.74) is 9.66. The van der Waals surface area contributed by atoms with Crippen LogP contribution in [0.15, 0.2) is 12.1 Å². The molecule has 15 heavy (non-hydrogen) atoms. The summed E-state index contributed by atoms with van der Waals surface area (Å²) >= 11 is 0. The average Bonchev–Trinajstić information content (AvgIpc) is 2.17. The van der Waals surface area contributed by atoms with Gasteiger partial charge in [0.1, 0.15) is 5.75 Å². The zero-order valence-electron chi connectivity index (χ0n) is 10.1. The molecule has 1 aromatic rings. The molecule has 2 N–H and O–H groups in total. The number of ether oxygens (including phenoxy) is 1. The molecule has 0 bridgehead atoms. The molecule has 0 amide bonds. The van der Waals surface area contributed by atoms with Crippen molar-refractivity contribution in [2.24, 2.45) is 5.73 Å². The molecular weight excluding hydrogens is 186 g/mol. The van der Waals surface area contributed by atoms with Crippen LogP contribution in [0, 0.1) is 13.8 Å². The molecule has 0 heterocycles. The Morgan fingerprint density at radius 1 is 1.33 bits per heavy atom. The van der Waals surface area contributed by atoms with Crippen LogP contribution in [0.1, 0.15) is 30.0 Å². The summed E-state index contributed by atoms with van der Waals surface area (Å²) in [7, 11) is 1.72. The fourth-order valence-corrected chi connectivity index (χ4v) is 1.91. The highest BCUT2D eigenvalue weighted by molar-refractivity contribution is 5.44. The summed E-state index contributed by atoms with van der Waals surface area (Å²) in [6, 6.07) is 4.53. The molecule has 1 atom stereocenters. The molecule has 2 nitrogen and oxygen atoms in total. The lowest BCUT2D eigenvalue weighted by Gasteiger charge is -2.15. The van der Waals surface area contributed by atoms with Gasteiger partial charge in [-0.15, -0.1) is 0 Å². The Balaban J connectivity index is 3.03. The van der Waals surface area contributed by atoms with E-state index in [0.717, 1.165) is 18.6 Å². The molecule has 0 saturated carbocycles. The fraction of sp³-hybridized carbons (Fsp3) is 0.538. The van der Waals surface area contributed by atoms with Gasteiger partial charge in [0.05, 0.1) is 7.11 Å². The van der Waals surface area contributed by atoms with Crippen molar-refractivity contribution in [3.8, 4) is 5.75 Å². The summed E-state index contributed by atoms with van der Waals surface area (Å²) in [6.45, 7) is 6.29. The van der Waals surface area contributed by atoms with Crippen molar-refractivity contribution in [1.29, 1.82) is 0 Å². The predicted octanol–water partition coefficient (Wildman–Crippen LogP) is 2.59. The number of hydrogen-bond donors (Lipinski definition) is 1. The molecule has 0 radical (unpaired) electrons. The first-order valence-corrected chi connectivity index (χ1v) is 5.48. The number of benzene rings is 1. The largest absolute Gasteiger partial charge is 0.496 e. The highest BCUT2D eigenvalue weighted by Gasteiger charge is 2.10. The smallest absolute Gasteiger partial charge is 0.125 e. The Morgan fingerprint density at radius 2 is 2.00 bits per heavy atom. The number of methoxy groups -OCH3 is 1. The van der Waals surface area contributed by atoms with Crippen molar-refractivity contribution in [3.63, 3.8) is 0 Å². The van der Waals surface area contributed by atoms with E-state index in [1.54, 1.807) is 7.11 Å². The van der Waals surface area contributed by atoms with E-state index in [1.165, 1.54) is 16.7 Å². The van der Waals surface area contributed by atoms with Crippen LogP contribution < -0.4 is 10.5 Å². The second-order valence-corrected chi connectivity index (χ2v) is 4.15. The van der Waals surface area contributed by atoms with Gasteiger partial charge in [0.25, 0.3) is 0 Å². The van der Waals surface area contributed by atoms with Crippen LogP contribution in [0.4, 0.5) is 0 Å². The molecule has 0 aromatic heterocycles. The van der Waals surface area contributed by atoms with E-state index in [2.05, 4.69) is 32.9 Å². The van der Waals surface area contributed by atoms with Gasteiger partial charge >= 0.3 is 0 Å². The van der Waals surface area contributed by atoms with E-state index in [-0.39, 0.29) is 6.04 Å². The van der Waals surface area contributed by atoms with Crippen LogP contribution in [0.2, 0.25) is 0 Å². The number of rotatable bonds is 4. The normalized spacial score (nSPS) is 12.6. The molecule has 84 valence electrons. The summed E-state index contributed by atoms with van der Waals surface area (Å²) < 4.78 is 5.42. The van der Waals surface area contributed by atoms with Crippen molar-refractivity contribution in [2.75, 3.05) is 7.11 Å². The minimum Gasteiger partial charge on any atom is -0.496 e. The van der Waals surface area contributed by atoms with E-state index in [1.807, 2.05) is 0 Å². The maximum atomic E-state index is 5.97. The number of hydrogen-bond acceptors (Lipinski definition) is 2. The van der Waals surface area contributed by atoms with Crippen LogP contribution in [-0.2, 0) is 6.42 Å². The summed E-state index contributed by atoms with van der Waals surface area (Å²) in [6.07, 6.45) is 1.89. The summed E-state index contributed by atoms with van der Waals surface area (Å²) in [5, 5.41) is 0. The molecule has 0 aliphatic rings. The minimum atomic E-state index is 0.222. The van der Waals surface area contributed by atoms with Gasteiger partial charge in [0.15, 0.2) is 0 Å². The lowest BCUT2D eigenvalue weighted by molar-refractivity contribution is 0.404. The van der Waals surface area contributed by atoms with Crippen LogP contribution in [0.5, 0.6) is 5.75 Å². The standard InChI is InChI=1S/C13H21NO/c1-5-12(14)8-11-7-9(2)6-10(3)13(11)15-4/h6-7,12H,5,8,14H2,1-4H3. The number of nitrogens with two attached hydrogens (primary N) is 1. The third kappa shape index (κ3) is 2.96. The van der Waals surface area contributed by atoms with Gasteiger partial charge in [-0.25, -0.2) is 0 Å². The zero-order valence-corrected chi connectivity index (χ0v) is 10.1. The Morgan fingerprint density at radius 3 is 2.53 bits per heavy atom. The predicted molar refractivity (Wildman–Crippen MR) is 64.4 cm³/mol. The van der Waals surface area contributed by atoms with Crippen molar-refractivity contribution >= 4 is 0 Å². The maximum Gasteiger partial charge on any atom is 0.125 e. The van der Waals surface area contributed by atoms with E-state index in [9.17, 15) is 0 Å². The number of aryl methyl sites for hydroxylation is 2. The van der Waals surface area contributed by atoms with Gasteiger partial charge in [-0.05, 0) is 37.8 Å². The zero-order chi connectivity index (χ0) is 11.4. The van der Waals surface area contributed by atoms with E-state index >= 15 is 0 Å². The van der Waals surface area contributed by atoms with Gasteiger partial charge in [0.2, 0.25) is 0 Å². The Kier molecular flexibility index (Phi) is 4.15. The van der Waals surface area contributed by atoms with Crippen LogP contribution in [0.3, 0.4) is 0 Å². The first kappa shape index (κ1) is 12.1. The van der Waals surface area contributed by atoms with Crippen LogP contribution >= 0.6 is 0 Å². The maximum absolute atomic E-state index is 5.97. The molecule has 1 aromatic carbocycles. The third-order valence-corrected chi connectivity index (χ3v) is 2.71. The lowest BCUT2D eigenvalue weighted by atomic mass is 9.99. The van der Waals surface area contributed by atoms with Crippen LogP contribution in [-0.4, -0.2) is 13.2 Å². The Hall–Kier alpha value is -1.02. The molecule has 0 saturated heterocycles. The molecule has 2 heteroatoms. The highest BCUT2D eigenvalue weighted by atomic mass is 16.5.